The molecule has 0 radical (unpaired) electrons. The maximum Gasteiger partial charge on any atom is 0.336 e. The second-order valence-corrected chi connectivity index (χ2v) is 7.35. The Morgan fingerprint density at radius 3 is 2.69 bits per heavy atom. The summed E-state index contributed by atoms with van der Waals surface area (Å²) in [4.78, 5) is 16.4. The zero-order valence-corrected chi connectivity index (χ0v) is 16.7. The van der Waals surface area contributed by atoms with Crippen molar-refractivity contribution in [2.75, 3.05) is 7.11 Å². The van der Waals surface area contributed by atoms with E-state index in [2.05, 4.69) is 15.2 Å². The minimum absolute atomic E-state index is 0.131. The van der Waals surface area contributed by atoms with Gasteiger partial charge in [-0.1, -0.05) is 18.7 Å². The number of methoxy groups -OCH3 is 1. The number of hydrogen-bond donors (Lipinski definition) is 2. The molecule has 8 heteroatoms. The topological polar surface area (TPSA) is 101 Å². The number of phenolic OH excluding ortho intramolecular Hbond substituents is 1. The van der Waals surface area contributed by atoms with Gasteiger partial charge < -0.3 is 14.3 Å². The molecule has 2 aromatic carbocycles. The van der Waals surface area contributed by atoms with Crippen molar-refractivity contribution < 1.29 is 14.3 Å². The van der Waals surface area contributed by atoms with Crippen LogP contribution in [0.4, 0.5) is 0 Å². The number of aromatic amines is 1. The predicted octanol–water partition coefficient (Wildman–Crippen LogP) is 4.15. The normalized spacial score (nSPS) is 11.1. The van der Waals surface area contributed by atoms with E-state index in [4.69, 9.17) is 9.15 Å². The summed E-state index contributed by atoms with van der Waals surface area (Å²) in [5, 5.41) is 18.6. The van der Waals surface area contributed by atoms with Gasteiger partial charge in [-0.25, -0.2) is 9.78 Å². The minimum Gasteiger partial charge on any atom is -0.508 e. The van der Waals surface area contributed by atoms with Gasteiger partial charge in [0, 0.05) is 28.8 Å². The van der Waals surface area contributed by atoms with E-state index in [1.54, 1.807) is 7.11 Å². The predicted molar refractivity (Wildman–Crippen MR) is 111 cm³/mol. The van der Waals surface area contributed by atoms with Crippen molar-refractivity contribution in [2.24, 2.45) is 0 Å². The largest absolute Gasteiger partial charge is 0.508 e. The first kappa shape index (κ1) is 19.1. The second-order valence-electron chi connectivity index (χ2n) is 6.41. The highest BCUT2D eigenvalue weighted by atomic mass is 32.2. The van der Waals surface area contributed by atoms with E-state index in [9.17, 15) is 9.90 Å². The van der Waals surface area contributed by atoms with Crippen LogP contribution in [0.15, 0.2) is 56.8 Å². The standard InChI is InChI=1S/C21H19N3O4S/c1-3-12-8-16-14(9-19(26)28-18(16)10-17(12)25)11-29-21-22-20(23-24-21)13-4-6-15(27-2)7-5-13/h4-10,25H,3,11H2,1-2H3,(H,22,23,24). The first-order valence-electron chi connectivity index (χ1n) is 9.05. The lowest BCUT2D eigenvalue weighted by Gasteiger charge is -2.07. The molecule has 0 unspecified atom stereocenters. The van der Waals surface area contributed by atoms with Gasteiger partial charge in [0.15, 0.2) is 5.82 Å². The van der Waals surface area contributed by atoms with Gasteiger partial charge in [0.25, 0.3) is 0 Å². The molecule has 2 heterocycles. The molecule has 0 aliphatic rings. The molecule has 0 amide bonds. The Hall–Kier alpha value is -3.26. The van der Waals surface area contributed by atoms with Crippen LogP contribution in [0.3, 0.4) is 0 Å². The Morgan fingerprint density at radius 2 is 1.97 bits per heavy atom. The van der Waals surface area contributed by atoms with Crippen molar-refractivity contribution in [2.45, 2.75) is 24.3 Å². The first-order chi connectivity index (χ1) is 14.1. The average Bonchev–Trinajstić information content (AvgIpc) is 3.20. The number of benzene rings is 2. The van der Waals surface area contributed by atoms with Gasteiger partial charge in [-0.05, 0) is 47.9 Å². The van der Waals surface area contributed by atoms with Crippen LogP contribution >= 0.6 is 11.8 Å². The molecule has 0 saturated heterocycles. The first-order valence-corrected chi connectivity index (χ1v) is 10.0. The highest BCUT2D eigenvalue weighted by molar-refractivity contribution is 7.98. The van der Waals surface area contributed by atoms with Crippen molar-refractivity contribution >= 4 is 22.7 Å². The Labute approximate surface area is 170 Å². The van der Waals surface area contributed by atoms with Crippen molar-refractivity contribution in [3.63, 3.8) is 0 Å². The SMILES string of the molecule is CCc1cc2c(CSc3n[nH]c(-c4ccc(OC)cc4)n3)cc(=O)oc2cc1O. The lowest BCUT2D eigenvalue weighted by atomic mass is 10.1. The van der Waals surface area contributed by atoms with E-state index in [1.165, 1.54) is 23.9 Å². The third-order valence-electron chi connectivity index (χ3n) is 4.60. The molecule has 0 aliphatic carbocycles. The Kier molecular flexibility index (Phi) is 5.26. The van der Waals surface area contributed by atoms with Gasteiger partial charge in [0.1, 0.15) is 17.1 Å². The number of fused-ring (bicyclic) bond motifs is 1. The van der Waals surface area contributed by atoms with Crippen molar-refractivity contribution in [1.29, 1.82) is 0 Å². The molecule has 2 aromatic heterocycles. The molecule has 148 valence electrons. The van der Waals surface area contributed by atoms with Gasteiger partial charge in [-0.2, -0.15) is 0 Å². The minimum atomic E-state index is -0.453. The highest BCUT2D eigenvalue weighted by Gasteiger charge is 2.12. The average molecular weight is 409 g/mol. The van der Waals surface area contributed by atoms with Gasteiger partial charge in [-0.3, -0.25) is 5.10 Å². The monoisotopic (exact) mass is 409 g/mol. The van der Waals surface area contributed by atoms with E-state index in [1.807, 2.05) is 37.3 Å². The summed E-state index contributed by atoms with van der Waals surface area (Å²) in [6.45, 7) is 1.96. The van der Waals surface area contributed by atoms with E-state index in [0.717, 1.165) is 27.8 Å². The molecular weight excluding hydrogens is 390 g/mol. The molecule has 0 aliphatic heterocycles. The van der Waals surface area contributed by atoms with E-state index < -0.39 is 5.63 Å². The summed E-state index contributed by atoms with van der Waals surface area (Å²) in [6, 6.07) is 12.4. The van der Waals surface area contributed by atoms with Gasteiger partial charge in [0.2, 0.25) is 5.16 Å². The van der Waals surface area contributed by atoms with Gasteiger partial charge >= 0.3 is 5.63 Å². The number of phenols is 1. The fourth-order valence-corrected chi connectivity index (χ4v) is 3.83. The van der Waals surface area contributed by atoms with Crippen LogP contribution in [-0.2, 0) is 12.2 Å². The number of aromatic nitrogens is 3. The van der Waals surface area contributed by atoms with Crippen molar-refractivity contribution in [3.05, 3.63) is 64.0 Å². The summed E-state index contributed by atoms with van der Waals surface area (Å²) in [6.07, 6.45) is 0.680. The summed E-state index contributed by atoms with van der Waals surface area (Å²) in [5.74, 6) is 2.06. The molecular formula is C21H19N3O4S. The maximum absolute atomic E-state index is 11.9. The number of hydrogen-bond acceptors (Lipinski definition) is 7. The van der Waals surface area contributed by atoms with E-state index in [-0.39, 0.29) is 5.75 Å². The third kappa shape index (κ3) is 3.97. The Balaban J connectivity index is 1.58. The maximum atomic E-state index is 11.9. The molecule has 4 aromatic rings. The van der Waals surface area contributed by atoms with Gasteiger partial charge in [-0.15, -0.1) is 5.10 Å². The van der Waals surface area contributed by atoms with Crippen LogP contribution in [0.25, 0.3) is 22.4 Å². The van der Waals surface area contributed by atoms with Crippen molar-refractivity contribution in [1.82, 2.24) is 15.2 Å². The number of thioether (sulfide) groups is 1. The number of rotatable bonds is 6. The summed E-state index contributed by atoms with van der Waals surface area (Å²) >= 11 is 1.42. The lowest BCUT2D eigenvalue weighted by Crippen LogP contribution is -2.00. The lowest BCUT2D eigenvalue weighted by molar-refractivity contribution is 0.415. The molecule has 7 nitrogen and oxygen atoms in total. The summed E-state index contributed by atoms with van der Waals surface area (Å²) in [5.41, 5.74) is 2.44. The number of nitrogens with zero attached hydrogens (tertiary/aromatic N) is 2. The van der Waals surface area contributed by atoms with E-state index >= 15 is 0 Å². The zero-order valence-electron chi connectivity index (χ0n) is 15.9. The summed E-state index contributed by atoms with van der Waals surface area (Å²) < 4.78 is 10.4. The molecule has 0 atom stereocenters. The molecule has 2 N–H and O–H groups in total. The van der Waals surface area contributed by atoms with Gasteiger partial charge in [0.05, 0.1) is 7.11 Å². The molecule has 0 bridgehead atoms. The number of nitrogens with one attached hydrogen (secondary N) is 1. The zero-order chi connectivity index (χ0) is 20.4. The number of H-pyrrole nitrogens is 1. The summed E-state index contributed by atoms with van der Waals surface area (Å²) in [7, 11) is 1.62. The number of ether oxygens (including phenoxy) is 1. The van der Waals surface area contributed by atoms with Crippen LogP contribution in [0.1, 0.15) is 18.1 Å². The fraction of sp³-hybridized carbons (Fsp3) is 0.190. The highest BCUT2D eigenvalue weighted by Crippen LogP contribution is 2.30. The molecule has 0 spiro atoms. The van der Waals surface area contributed by atoms with Crippen molar-refractivity contribution in [3.8, 4) is 22.9 Å². The Bertz CT molecular complexity index is 1220. The molecule has 0 fully saturated rings. The number of aromatic hydroxyl groups is 1. The molecule has 4 rings (SSSR count). The number of aryl methyl sites for hydroxylation is 1. The molecule has 29 heavy (non-hydrogen) atoms. The van der Waals surface area contributed by atoms with Crippen LogP contribution < -0.4 is 10.4 Å². The van der Waals surface area contributed by atoms with Crippen LogP contribution in [0, 0.1) is 0 Å². The Morgan fingerprint density at radius 1 is 1.17 bits per heavy atom. The van der Waals surface area contributed by atoms with Crippen LogP contribution in [0.5, 0.6) is 11.5 Å². The van der Waals surface area contributed by atoms with E-state index in [0.29, 0.717) is 28.7 Å². The second kappa shape index (κ2) is 8.00. The quantitative estimate of drug-likeness (QED) is 0.364. The van der Waals surface area contributed by atoms with Crippen LogP contribution in [0.2, 0.25) is 0 Å². The smallest absolute Gasteiger partial charge is 0.336 e. The van der Waals surface area contributed by atoms with Crippen LogP contribution in [-0.4, -0.2) is 27.4 Å². The fourth-order valence-electron chi connectivity index (χ4n) is 3.04. The molecule has 0 saturated carbocycles. The third-order valence-corrected chi connectivity index (χ3v) is 5.49.